The lowest BCUT2D eigenvalue weighted by Gasteiger charge is -2.27. The number of halogens is 6. The minimum Gasteiger partial charge on any atom is -0.378 e. The van der Waals surface area contributed by atoms with Crippen molar-refractivity contribution in [2.24, 2.45) is 0 Å². The number of benzene rings is 3. The van der Waals surface area contributed by atoms with E-state index >= 15 is 4.39 Å². The minimum atomic E-state index is -4.69. The number of amides is 2. The van der Waals surface area contributed by atoms with Crippen molar-refractivity contribution in [3.05, 3.63) is 88.9 Å². The van der Waals surface area contributed by atoms with Gasteiger partial charge in [0.1, 0.15) is 5.82 Å². The first-order chi connectivity index (χ1) is 19.5. The summed E-state index contributed by atoms with van der Waals surface area (Å²) in [5, 5.41) is 3.95. The van der Waals surface area contributed by atoms with E-state index in [1.165, 1.54) is 18.2 Å². The fourth-order valence-electron chi connectivity index (χ4n) is 4.18. The van der Waals surface area contributed by atoms with Crippen LogP contribution < -0.4 is 15.5 Å². The number of urea groups is 1. The molecule has 0 saturated carbocycles. The van der Waals surface area contributed by atoms with Gasteiger partial charge >= 0.3 is 12.2 Å². The number of carbonyl (C=O) groups is 2. The van der Waals surface area contributed by atoms with Crippen LogP contribution in [0.15, 0.2) is 54.7 Å². The second-order valence-corrected chi connectivity index (χ2v) is 8.93. The number of anilines is 3. The van der Waals surface area contributed by atoms with Crippen LogP contribution >= 0.6 is 0 Å². The number of nitrogens with zero attached hydrogens (tertiary/aromatic N) is 3. The van der Waals surface area contributed by atoms with Crippen molar-refractivity contribution in [1.82, 2.24) is 9.97 Å². The highest BCUT2D eigenvalue weighted by molar-refractivity contribution is 6.11. The first-order valence-corrected chi connectivity index (χ1v) is 12.1. The molecule has 4 aromatic rings. The van der Waals surface area contributed by atoms with Gasteiger partial charge in [-0.25, -0.2) is 22.9 Å². The molecule has 212 valence electrons. The molecule has 1 aromatic heterocycles. The predicted octanol–water partition coefficient (Wildman–Crippen LogP) is 5.78. The summed E-state index contributed by atoms with van der Waals surface area (Å²) >= 11 is 0. The topological polar surface area (TPSA) is 96.5 Å². The van der Waals surface area contributed by atoms with E-state index in [0.717, 1.165) is 18.2 Å². The number of fused-ring (bicyclic) bond motifs is 1. The van der Waals surface area contributed by atoms with Crippen molar-refractivity contribution in [2.75, 3.05) is 41.8 Å². The molecule has 2 heterocycles. The lowest BCUT2D eigenvalue weighted by molar-refractivity contribution is -0.137. The first kappa shape index (κ1) is 27.8. The Morgan fingerprint density at radius 3 is 2.39 bits per heavy atom. The highest BCUT2D eigenvalue weighted by Gasteiger charge is 2.31. The van der Waals surface area contributed by atoms with Crippen molar-refractivity contribution in [2.45, 2.75) is 6.18 Å². The van der Waals surface area contributed by atoms with Crippen LogP contribution in [0.3, 0.4) is 0 Å². The van der Waals surface area contributed by atoms with Gasteiger partial charge in [-0.3, -0.25) is 9.78 Å². The van der Waals surface area contributed by atoms with Gasteiger partial charge < -0.3 is 20.3 Å². The second kappa shape index (κ2) is 11.0. The summed E-state index contributed by atoms with van der Waals surface area (Å²) in [6.45, 7) is 2.11. The molecular formula is C27H19F6N5O3. The van der Waals surface area contributed by atoms with Gasteiger partial charge in [0.05, 0.1) is 47.3 Å². The number of morpholine rings is 1. The molecule has 0 radical (unpaired) electrons. The van der Waals surface area contributed by atoms with Crippen molar-refractivity contribution >= 4 is 40.0 Å². The van der Waals surface area contributed by atoms with Crippen LogP contribution in [-0.4, -0.2) is 48.1 Å². The van der Waals surface area contributed by atoms with Crippen molar-refractivity contribution in [3.8, 4) is 0 Å². The van der Waals surface area contributed by atoms with E-state index < -0.39 is 52.3 Å². The summed E-state index contributed by atoms with van der Waals surface area (Å²) in [6.07, 6.45) is -3.14. The third-order valence-corrected chi connectivity index (χ3v) is 6.21. The smallest absolute Gasteiger partial charge is 0.378 e. The molecule has 0 atom stereocenters. The first-order valence-electron chi connectivity index (χ1n) is 12.1. The van der Waals surface area contributed by atoms with E-state index in [2.05, 4.69) is 15.3 Å². The maximum Gasteiger partial charge on any atom is 0.416 e. The van der Waals surface area contributed by atoms with Gasteiger partial charge in [0.2, 0.25) is 0 Å². The number of alkyl halides is 3. The van der Waals surface area contributed by atoms with Crippen LogP contribution in [0, 0.1) is 17.5 Å². The number of rotatable bonds is 5. The average molecular weight is 575 g/mol. The molecule has 0 spiro atoms. The van der Waals surface area contributed by atoms with Crippen molar-refractivity contribution in [3.63, 3.8) is 0 Å². The highest BCUT2D eigenvalue weighted by Crippen LogP contribution is 2.31. The molecule has 1 aliphatic heterocycles. The number of hydrogen-bond donors (Lipinski definition) is 2. The molecule has 1 aliphatic rings. The largest absolute Gasteiger partial charge is 0.416 e. The van der Waals surface area contributed by atoms with E-state index in [-0.39, 0.29) is 16.8 Å². The summed E-state index contributed by atoms with van der Waals surface area (Å²) in [4.78, 5) is 36.2. The number of carbonyl (C=O) groups excluding carboxylic acids is 2. The Balaban J connectivity index is 1.42. The van der Waals surface area contributed by atoms with Gasteiger partial charge in [-0.1, -0.05) is 6.07 Å². The standard InChI is InChI=1S/C27H19F6N5O3/c28-17-12-20(37-26(40)35-16-3-1-2-15(11-16)27(31,32)33)24(30)22(23(17)29)25(39)14-4-5-18-19(10-14)36-21(13-34-18)38-6-8-41-9-7-38/h1-5,10-13H,6-9H2,(H2,35,37,40). The number of nitrogens with one attached hydrogen (secondary N) is 2. The molecular weight excluding hydrogens is 556 g/mol. The zero-order chi connectivity index (χ0) is 29.3. The molecule has 1 saturated heterocycles. The molecule has 2 N–H and O–H groups in total. The monoisotopic (exact) mass is 575 g/mol. The molecule has 0 bridgehead atoms. The predicted molar refractivity (Wildman–Crippen MR) is 136 cm³/mol. The Labute approximate surface area is 228 Å². The third kappa shape index (κ3) is 5.91. The van der Waals surface area contributed by atoms with Crippen LogP contribution in [0.1, 0.15) is 21.5 Å². The Morgan fingerprint density at radius 2 is 1.66 bits per heavy atom. The maximum absolute atomic E-state index is 15.3. The number of aromatic nitrogens is 2. The van der Waals surface area contributed by atoms with Crippen LogP contribution in [0.2, 0.25) is 0 Å². The van der Waals surface area contributed by atoms with E-state index in [0.29, 0.717) is 49.8 Å². The van der Waals surface area contributed by atoms with Gasteiger partial charge in [0.15, 0.2) is 23.2 Å². The molecule has 1 fully saturated rings. The van der Waals surface area contributed by atoms with Crippen LogP contribution in [0.5, 0.6) is 0 Å². The second-order valence-electron chi connectivity index (χ2n) is 8.93. The molecule has 5 rings (SSSR count). The Bertz CT molecular complexity index is 1660. The van der Waals surface area contributed by atoms with Crippen LogP contribution in [0.25, 0.3) is 11.0 Å². The number of ketones is 1. The quantitative estimate of drug-likeness (QED) is 0.178. The van der Waals surface area contributed by atoms with Gasteiger partial charge in [-0.2, -0.15) is 13.2 Å². The molecule has 0 unspecified atom stereocenters. The normalized spacial score (nSPS) is 13.8. The summed E-state index contributed by atoms with van der Waals surface area (Å²) in [6, 6.07) is 6.54. The Morgan fingerprint density at radius 1 is 0.902 bits per heavy atom. The van der Waals surface area contributed by atoms with Crippen molar-refractivity contribution < 1.29 is 40.7 Å². The Hall–Kier alpha value is -4.72. The van der Waals surface area contributed by atoms with E-state index in [9.17, 15) is 31.5 Å². The van der Waals surface area contributed by atoms with Crippen LogP contribution in [0.4, 0.5) is 48.3 Å². The summed E-state index contributed by atoms with van der Waals surface area (Å²) in [5.41, 5.74) is -3.13. The lowest BCUT2D eigenvalue weighted by atomic mass is 10.0. The number of ether oxygens (including phenoxy) is 1. The fraction of sp³-hybridized carbons (Fsp3) is 0.185. The van der Waals surface area contributed by atoms with Gasteiger partial charge in [0, 0.05) is 30.4 Å². The molecule has 8 nitrogen and oxygen atoms in total. The molecule has 41 heavy (non-hydrogen) atoms. The lowest BCUT2D eigenvalue weighted by Crippen LogP contribution is -2.36. The van der Waals surface area contributed by atoms with Gasteiger partial charge in [0.25, 0.3) is 0 Å². The van der Waals surface area contributed by atoms with Gasteiger partial charge in [-0.05, 0) is 36.4 Å². The molecule has 0 aliphatic carbocycles. The van der Waals surface area contributed by atoms with E-state index in [1.807, 2.05) is 10.2 Å². The zero-order valence-electron chi connectivity index (χ0n) is 20.9. The van der Waals surface area contributed by atoms with E-state index in [1.54, 1.807) is 6.20 Å². The maximum atomic E-state index is 15.3. The fourth-order valence-corrected chi connectivity index (χ4v) is 4.18. The number of hydrogen-bond acceptors (Lipinski definition) is 6. The minimum absolute atomic E-state index is 0.228. The van der Waals surface area contributed by atoms with Crippen LogP contribution in [-0.2, 0) is 10.9 Å². The summed E-state index contributed by atoms with van der Waals surface area (Å²) in [7, 11) is 0. The zero-order valence-corrected chi connectivity index (χ0v) is 20.9. The average Bonchev–Trinajstić information content (AvgIpc) is 2.95. The van der Waals surface area contributed by atoms with Crippen molar-refractivity contribution in [1.29, 1.82) is 0 Å². The molecule has 2 amide bonds. The third-order valence-electron chi connectivity index (χ3n) is 6.21. The van der Waals surface area contributed by atoms with E-state index in [4.69, 9.17) is 4.74 Å². The van der Waals surface area contributed by atoms with Gasteiger partial charge in [-0.15, -0.1) is 0 Å². The highest BCUT2D eigenvalue weighted by atomic mass is 19.4. The Kier molecular flexibility index (Phi) is 7.49. The molecule has 14 heteroatoms. The SMILES string of the molecule is O=C(Nc1cccc(C(F)(F)F)c1)Nc1cc(F)c(F)c(C(=O)c2ccc3ncc(N4CCOCC4)nc3c2)c1F. The summed E-state index contributed by atoms with van der Waals surface area (Å²) in [5.74, 6) is -5.74. The summed E-state index contributed by atoms with van der Waals surface area (Å²) < 4.78 is 88.6. The molecule has 3 aromatic carbocycles.